The summed E-state index contributed by atoms with van der Waals surface area (Å²) in [5, 5.41) is 16.5. The predicted octanol–water partition coefficient (Wildman–Crippen LogP) is 0.651. The smallest absolute Gasteiger partial charge is 0.323 e. The van der Waals surface area contributed by atoms with E-state index in [4.69, 9.17) is 5.11 Å². The number of aliphatic carboxylic acids is 1. The summed E-state index contributed by atoms with van der Waals surface area (Å²) in [4.78, 5) is 26.7. The number of amides is 1. The number of aromatic amines is 1. The van der Waals surface area contributed by atoms with E-state index in [2.05, 4.69) is 10.2 Å². The van der Waals surface area contributed by atoms with Gasteiger partial charge in [0.05, 0.1) is 11.7 Å². The lowest BCUT2D eigenvalue weighted by Gasteiger charge is -2.22. The molecule has 0 aliphatic rings. The Morgan fingerprint density at radius 2 is 2.05 bits per heavy atom. The molecule has 0 aliphatic carbocycles. The number of nitrogens with one attached hydrogen (secondary N) is 1. The van der Waals surface area contributed by atoms with E-state index in [1.54, 1.807) is 24.4 Å². The van der Waals surface area contributed by atoms with Gasteiger partial charge in [0.1, 0.15) is 6.54 Å². The van der Waals surface area contributed by atoms with Crippen molar-refractivity contribution >= 4 is 22.8 Å². The van der Waals surface area contributed by atoms with Crippen LogP contribution in [0.3, 0.4) is 0 Å². The van der Waals surface area contributed by atoms with E-state index in [0.29, 0.717) is 18.7 Å². The highest BCUT2D eigenvalue weighted by Gasteiger charge is 2.19. The van der Waals surface area contributed by atoms with Gasteiger partial charge in [-0.1, -0.05) is 0 Å². The van der Waals surface area contributed by atoms with Crippen LogP contribution in [0, 0.1) is 0 Å². The third-order valence-corrected chi connectivity index (χ3v) is 3.12. The van der Waals surface area contributed by atoms with Crippen molar-refractivity contribution in [3.05, 3.63) is 30.0 Å². The molecule has 0 spiro atoms. The van der Waals surface area contributed by atoms with Crippen LogP contribution in [0.5, 0.6) is 0 Å². The van der Waals surface area contributed by atoms with E-state index in [0.717, 1.165) is 10.9 Å². The van der Waals surface area contributed by atoms with Crippen LogP contribution in [0.4, 0.5) is 0 Å². The summed E-state index contributed by atoms with van der Waals surface area (Å²) in [6, 6.07) is 5.15. The maximum absolute atomic E-state index is 12.5. The Morgan fingerprint density at radius 3 is 2.71 bits per heavy atom. The molecule has 2 aromatic rings. The topological polar surface area (TPSA) is 89.5 Å². The lowest BCUT2D eigenvalue weighted by Crippen LogP contribution is -2.40. The number of carbonyl (C=O) groups excluding carboxylic acids is 1. The van der Waals surface area contributed by atoms with Crippen molar-refractivity contribution in [2.24, 2.45) is 0 Å². The molecule has 0 atom stereocenters. The zero-order valence-corrected chi connectivity index (χ0v) is 12.0. The highest BCUT2D eigenvalue weighted by atomic mass is 16.4. The Kier molecular flexibility index (Phi) is 4.54. The number of nitrogens with zero attached hydrogens (tertiary/aromatic N) is 3. The van der Waals surface area contributed by atoms with Gasteiger partial charge < -0.3 is 14.9 Å². The maximum atomic E-state index is 12.5. The van der Waals surface area contributed by atoms with Gasteiger partial charge in [0, 0.05) is 24.0 Å². The number of likely N-dealkylation sites (N-methyl/N-ethyl adjacent to an activating group) is 1. The number of aromatic nitrogens is 2. The second kappa shape index (κ2) is 6.36. The number of carboxylic acid groups (broad SMARTS) is 1. The summed E-state index contributed by atoms with van der Waals surface area (Å²) in [5.74, 6) is -1.31. The van der Waals surface area contributed by atoms with Crippen molar-refractivity contribution in [2.45, 2.75) is 0 Å². The van der Waals surface area contributed by atoms with Crippen molar-refractivity contribution in [3.8, 4) is 0 Å². The second-order valence-electron chi connectivity index (χ2n) is 5.10. The summed E-state index contributed by atoms with van der Waals surface area (Å²) in [7, 11) is 3.75. The molecule has 0 bridgehead atoms. The molecule has 1 aromatic carbocycles. The lowest BCUT2D eigenvalue weighted by atomic mass is 10.1. The minimum atomic E-state index is -1.02. The number of carbonyl (C=O) groups is 2. The highest BCUT2D eigenvalue weighted by molar-refractivity contribution is 5.99. The van der Waals surface area contributed by atoms with Crippen LogP contribution < -0.4 is 0 Å². The van der Waals surface area contributed by atoms with Crippen LogP contribution in [0.2, 0.25) is 0 Å². The third kappa shape index (κ3) is 3.79. The molecule has 7 heteroatoms. The fourth-order valence-electron chi connectivity index (χ4n) is 1.99. The number of fused-ring (bicyclic) bond motifs is 1. The molecule has 0 radical (unpaired) electrons. The number of hydrogen-bond donors (Lipinski definition) is 2. The minimum Gasteiger partial charge on any atom is -0.480 e. The Labute approximate surface area is 122 Å². The second-order valence-corrected chi connectivity index (χ2v) is 5.10. The molecule has 21 heavy (non-hydrogen) atoms. The first-order valence-corrected chi connectivity index (χ1v) is 6.56. The zero-order valence-electron chi connectivity index (χ0n) is 12.0. The molecule has 7 nitrogen and oxygen atoms in total. The standard InChI is InChI=1S/C14H18N4O3/c1-17(2)5-6-18(9-13(19)20)14(21)10-3-4-12-11(7-10)8-15-16-12/h3-4,7-8H,5-6,9H2,1-2H3,(H,15,16)(H,19,20). The normalized spacial score (nSPS) is 11.0. The van der Waals surface area contributed by atoms with Crippen molar-refractivity contribution in [3.63, 3.8) is 0 Å². The van der Waals surface area contributed by atoms with Crippen LogP contribution in [0.25, 0.3) is 10.9 Å². The van der Waals surface area contributed by atoms with Crippen LogP contribution in [0.1, 0.15) is 10.4 Å². The summed E-state index contributed by atoms with van der Waals surface area (Å²) >= 11 is 0. The van der Waals surface area contributed by atoms with Crippen LogP contribution in [0.15, 0.2) is 24.4 Å². The van der Waals surface area contributed by atoms with Gasteiger partial charge in [0.25, 0.3) is 5.91 Å². The van der Waals surface area contributed by atoms with Gasteiger partial charge in [-0.3, -0.25) is 14.7 Å². The Hall–Kier alpha value is -2.41. The van der Waals surface area contributed by atoms with Gasteiger partial charge in [-0.25, -0.2) is 0 Å². The largest absolute Gasteiger partial charge is 0.480 e. The van der Waals surface area contributed by atoms with E-state index < -0.39 is 5.97 Å². The summed E-state index contributed by atoms with van der Waals surface area (Å²) < 4.78 is 0. The molecular formula is C14H18N4O3. The molecule has 2 N–H and O–H groups in total. The molecule has 2 rings (SSSR count). The van der Waals surface area contributed by atoms with E-state index in [1.165, 1.54) is 4.90 Å². The average molecular weight is 290 g/mol. The van der Waals surface area contributed by atoms with Gasteiger partial charge >= 0.3 is 5.97 Å². The molecule has 1 amide bonds. The van der Waals surface area contributed by atoms with Gasteiger partial charge in [0.2, 0.25) is 0 Å². The molecule has 1 heterocycles. The Balaban J connectivity index is 2.20. The van der Waals surface area contributed by atoms with E-state index in [-0.39, 0.29) is 12.5 Å². The first kappa shape index (κ1) is 15.0. The molecule has 0 saturated heterocycles. The minimum absolute atomic E-state index is 0.289. The quantitative estimate of drug-likeness (QED) is 0.815. The number of hydrogen-bond acceptors (Lipinski definition) is 4. The summed E-state index contributed by atoms with van der Waals surface area (Å²) in [6.07, 6.45) is 1.63. The molecule has 0 aliphatic heterocycles. The zero-order chi connectivity index (χ0) is 15.4. The molecule has 0 unspecified atom stereocenters. The fraction of sp³-hybridized carbons (Fsp3) is 0.357. The van der Waals surface area contributed by atoms with Crippen molar-refractivity contribution in [1.29, 1.82) is 0 Å². The third-order valence-electron chi connectivity index (χ3n) is 3.12. The first-order valence-electron chi connectivity index (χ1n) is 6.56. The van der Waals surface area contributed by atoms with Crippen molar-refractivity contribution < 1.29 is 14.7 Å². The van der Waals surface area contributed by atoms with Gasteiger partial charge in [-0.15, -0.1) is 0 Å². The van der Waals surface area contributed by atoms with Crippen molar-refractivity contribution in [1.82, 2.24) is 20.0 Å². The van der Waals surface area contributed by atoms with E-state index in [1.807, 2.05) is 19.0 Å². The molecule has 0 fully saturated rings. The number of carboxylic acids is 1. The lowest BCUT2D eigenvalue weighted by molar-refractivity contribution is -0.137. The fourth-order valence-corrected chi connectivity index (χ4v) is 1.99. The highest BCUT2D eigenvalue weighted by Crippen LogP contribution is 2.14. The van der Waals surface area contributed by atoms with Crippen LogP contribution in [-0.2, 0) is 4.79 Å². The Bertz CT molecular complexity index is 650. The molecule has 0 saturated carbocycles. The van der Waals surface area contributed by atoms with Gasteiger partial charge in [-0.2, -0.15) is 5.10 Å². The van der Waals surface area contributed by atoms with Gasteiger partial charge in [-0.05, 0) is 32.3 Å². The Morgan fingerprint density at radius 1 is 1.29 bits per heavy atom. The predicted molar refractivity (Wildman–Crippen MR) is 78.2 cm³/mol. The van der Waals surface area contributed by atoms with Crippen LogP contribution in [-0.4, -0.2) is 70.7 Å². The molecule has 112 valence electrons. The number of H-pyrrole nitrogens is 1. The SMILES string of the molecule is CN(C)CCN(CC(=O)O)C(=O)c1ccc2[nH]ncc2c1. The average Bonchev–Trinajstić information content (AvgIpc) is 2.89. The van der Waals surface area contributed by atoms with Gasteiger partial charge in [0.15, 0.2) is 0 Å². The summed E-state index contributed by atoms with van der Waals surface area (Å²) in [5.41, 5.74) is 1.30. The summed E-state index contributed by atoms with van der Waals surface area (Å²) in [6.45, 7) is 0.657. The van der Waals surface area contributed by atoms with E-state index in [9.17, 15) is 9.59 Å². The first-order chi connectivity index (χ1) is 9.97. The molecular weight excluding hydrogens is 272 g/mol. The van der Waals surface area contributed by atoms with Crippen LogP contribution >= 0.6 is 0 Å². The van der Waals surface area contributed by atoms with Crippen molar-refractivity contribution in [2.75, 3.05) is 33.7 Å². The number of benzene rings is 1. The molecule has 1 aromatic heterocycles. The van der Waals surface area contributed by atoms with E-state index >= 15 is 0 Å². The monoisotopic (exact) mass is 290 g/mol. The maximum Gasteiger partial charge on any atom is 0.323 e. The number of rotatable bonds is 6.